The predicted octanol–water partition coefficient (Wildman–Crippen LogP) is 6.73. The van der Waals surface area contributed by atoms with Crippen LogP contribution in [0.25, 0.3) is 11.3 Å². The number of hydrogen-bond donors (Lipinski definition) is 0. The van der Waals surface area contributed by atoms with Crippen LogP contribution in [0.3, 0.4) is 0 Å². The first kappa shape index (κ1) is 23.5. The van der Waals surface area contributed by atoms with Gasteiger partial charge in [-0.05, 0) is 49.8 Å². The summed E-state index contributed by atoms with van der Waals surface area (Å²) in [5, 5.41) is 0. The van der Waals surface area contributed by atoms with Crippen molar-refractivity contribution in [1.82, 2.24) is 4.98 Å². The lowest BCUT2D eigenvalue weighted by Crippen LogP contribution is -2.14. The summed E-state index contributed by atoms with van der Waals surface area (Å²) in [6.07, 6.45) is 0. The Morgan fingerprint density at radius 3 is 2.28 bits per heavy atom. The van der Waals surface area contributed by atoms with Crippen LogP contribution in [0.15, 0.2) is 48.5 Å². The Bertz CT molecular complexity index is 1110. The van der Waals surface area contributed by atoms with Crippen molar-refractivity contribution in [2.45, 2.75) is 60.5 Å². The highest BCUT2D eigenvalue weighted by molar-refractivity contribution is 6.00. The van der Waals surface area contributed by atoms with Crippen LogP contribution in [-0.4, -0.2) is 17.6 Å². The van der Waals surface area contributed by atoms with E-state index in [-0.39, 0.29) is 12.0 Å². The van der Waals surface area contributed by atoms with Gasteiger partial charge >= 0.3 is 5.97 Å². The number of carbonyl (C=O) groups excluding carboxylic acids is 1. The SMILES string of the molecule is CCOC(=O)c1c(-c2ccc(C(C)(C)C)cc2C)nc(C)c(C)c1OCc1ccccc1. The first-order chi connectivity index (χ1) is 15.1. The number of pyridine rings is 1. The lowest BCUT2D eigenvalue weighted by molar-refractivity contribution is 0.0521. The quantitative estimate of drug-likeness (QED) is 0.406. The highest BCUT2D eigenvalue weighted by Crippen LogP contribution is 2.37. The van der Waals surface area contributed by atoms with Gasteiger partial charge in [0.2, 0.25) is 0 Å². The maximum Gasteiger partial charge on any atom is 0.344 e. The molecule has 0 saturated carbocycles. The van der Waals surface area contributed by atoms with Gasteiger partial charge in [-0.3, -0.25) is 4.98 Å². The standard InChI is InChI=1S/C28H33NO3/c1-8-31-27(30)24-25(23-15-14-22(16-18(23)2)28(5,6)7)29-20(4)19(3)26(24)32-17-21-12-10-9-11-13-21/h9-16H,8,17H2,1-7H3. The number of hydrogen-bond acceptors (Lipinski definition) is 4. The van der Waals surface area contributed by atoms with Crippen LogP contribution < -0.4 is 4.74 Å². The Morgan fingerprint density at radius 2 is 1.69 bits per heavy atom. The molecular formula is C28H33NO3. The predicted molar refractivity (Wildman–Crippen MR) is 129 cm³/mol. The van der Waals surface area contributed by atoms with Crippen LogP contribution in [0.4, 0.5) is 0 Å². The molecular weight excluding hydrogens is 398 g/mol. The number of aromatic nitrogens is 1. The van der Waals surface area contributed by atoms with Crippen LogP contribution >= 0.6 is 0 Å². The third-order valence-electron chi connectivity index (χ3n) is 5.68. The van der Waals surface area contributed by atoms with Crippen molar-refractivity contribution < 1.29 is 14.3 Å². The van der Waals surface area contributed by atoms with Crippen molar-refractivity contribution in [2.75, 3.05) is 6.61 Å². The summed E-state index contributed by atoms with van der Waals surface area (Å²) in [7, 11) is 0. The molecule has 1 aromatic heterocycles. The Balaban J connectivity index is 2.17. The fraction of sp³-hybridized carbons (Fsp3) is 0.357. The summed E-state index contributed by atoms with van der Waals surface area (Å²) in [5.41, 5.74) is 6.94. The van der Waals surface area contributed by atoms with E-state index in [9.17, 15) is 4.79 Å². The number of benzene rings is 2. The van der Waals surface area contributed by atoms with Crippen LogP contribution in [-0.2, 0) is 16.8 Å². The van der Waals surface area contributed by atoms with Crippen LogP contribution in [0.2, 0.25) is 0 Å². The third kappa shape index (κ3) is 5.01. The molecule has 0 bridgehead atoms. The molecule has 0 unspecified atom stereocenters. The zero-order chi connectivity index (χ0) is 23.5. The topological polar surface area (TPSA) is 48.4 Å². The molecule has 0 N–H and O–H groups in total. The largest absolute Gasteiger partial charge is 0.488 e. The summed E-state index contributed by atoms with van der Waals surface area (Å²) >= 11 is 0. The molecule has 1 heterocycles. The highest BCUT2D eigenvalue weighted by atomic mass is 16.5. The molecule has 0 spiro atoms. The van der Waals surface area contributed by atoms with Gasteiger partial charge in [0, 0.05) is 16.8 Å². The average Bonchev–Trinajstić information content (AvgIpc) is 2.74. The number of rotatable bonds is 6. The zero-order valence-corrected chi connectivity index (χ0v) is 20.2. The molecule has 4 heteroatoms. The molecule has 0 aliphatic rings. The lowest BCUT2D eigenvalue weighted by atomic mass is 9.84. The summed E-state index contributed by atoms with van der Waals surface area (Å²) in [6, 6.07) is 16.3. The normalized spacial score (nSPS) is 11.3. The molecule has 0 aliphatic carbocycles. The van der Waals surface area contributed by atoms with Gasteiger partial charge in [-0.25, -0.2) is 4.79 Å². The fourth-order valence-electron chi connectivity index (χ4n) is 3.66. The van der Waals surface area contributed by atoms with Gasteiger partial charge in [-0.2, -0.15) is 0 Å². The van der Waals surface area contributed by atoms with E-state index >= 15 is 0 Å². The van der Waals surface area contributed by atoms with Gasteiger partial charge < -0.3 is 9.47 Å². The van der Waals surface area contributed by atoms with Gasteiger partial charge in [0.25, 0.3) is 0 Å². The van der Waals surface area contributed by atoms with Crippen molar-refractivity contribution in [3.8, 4) is 17.0 Å². The van der Waals surface area contributed by atoms with Gasteiger partial charge in [-0.1, -0.05) is 69.3 Å². The molecule has 4 nitrogen and oxygen atoms in total. The van der Waals surface area contributed by atoms with E-state index < -0.39 is 5.97 Å². The molecule has 0 amide bonds. The molecule has 0 fully saturated rings. The van der Waals surface area contributed by atoms with E-state index in [1.165, 1.54) is 5.56 Å². The molecule has 0 radical (unpaired) electrons. The van der Waals surface area contributed by atoms with Crippen molar-refractivity contribution >= 4 is 5.97 Å². The van der Waals surface area contributed by atoms with E-state index in [1.807, 2.05) is 44.2 Å². The monoisotopic (exact) mass is 431 g/mol. The third-order valence-corrected chi connectivity index (χ3v) is 5.68. The van der Waals surface area contributed by atoms with Crippen molar-refractivity contribution in [3.63, 3.8) is 0 Å². The molecule has 3 rings (SSSR count). The Labute approximate surface area is 191 Å². The summed E-state index contributed by atoms with van der Waals surface area (Å²) < 4.78 is 11.7. The van der Waals surface area contributed by atoms with E-state index in [0.29, 0.717) is 23.6 Å². The summed E-state index contributed by atoms with van der Waals surface area (Å²) in [5.74, 6) is 0.120. The van der Waals surface area contributed by atoms with Gasteiger partial charge in [-0.15, -0.1) is 0 Å². The number of ether oxygens (including phenoxy) is 2. The van der Waals surface area contributed by atoms with Crippen LogP contribution in [0.5, 0.6) is 5.75 Å². The number of esters is 1. The second-order valence-electron chi connectivity index (χ2n) is 9.15. The molecule has 3 aromatic rings. The minimum absolute atomic E-state index is 0.0356. The zero-order valence-electron chi connectivity index (χ0n) is 20.2. The maximum atomic E-state index is 13.1. The van der Waals surface area contributed by atoms with Crippen molar-refractivity contribution in [2.24, 2.45) is 0 Å². The first-order valence-corrected chi connectivity index (χ1v) is 11.1. The Hall–Kier alpha value is -3.14. The van der Waals surface area contributed by atoms with Crippen molar-refractivity contribution in [3.05, 3.63) is 82.0 Å². The molecule has 32 heavy (non-hydrogen) atoms. The molecule has 0 aliphatic heterocycles. The molecule has 0 atom stereocenters. The lowest BCUT2D eigenvalue weighted by Gasteiger charge is -2.22. The summed E-state index contributed by atoms with van der Waals surface area (Å²) in [4.78, 5) is 18.0. The molecule has 2 aromatic carbocycles. The maximum absolute atomic E-state index is 13.1. The highest BCUT2D eigenvalue weighted by Gasteiger charge is 2.26. The minimum atomic E-state index is -0.416. The van der Waals surface area contributed by atoms with E-state index in [0.717, 1.165) is 27.9 Å². The smallest absolute Gasteiger partial charge is 0.344 e. The van der Waals surface area contributed by atoms with E-state index in [2.05, 4.69) is 45.9 Å². The number of nitrogens with zero attached hydrogens (tertiary/aromatic N) is 1. The van der Waals surface area contributed by atoms with E-state index in [1.54, 1.807) is 6.92 Å². The number of aryl methyl sites for hydroxylation is 2. The van der Waals surface area contributed by atoms with Gasteiger partial charge in [0.1, 0.15) is 17.9 Å². The second kappa shape index (κ2) is 9.56. The fourth-order valence-corrected chi connectivity index (χ4v) is 3.66. The summed E-state index contributed by atoms with van der Waals surface area (Å²) in [6.45, 7) is 15.0. The molecule has 168 valence electrons. The van der Waals surface area contributed by atoms with Gasteiger partial charge in [0.15, 0.2) is 0 Å². The van der Waals surface area contributed by atoms with Crippen LogP contribution in [0.1, 0.15) is 66.0 Å². The average molecular weight is 432 g/mol. The van der Waals surface area contributed by atoms with Crippen molar-refractivity contribution in [1.29, 1.82) is 0 Å². The Morgan fingerprint density at radius 1 is 1.00 bits per heavy atom. The minimum Gasteiger partial charge on any atom is -0.488 e. The van der Waals surface area contributed by atoms with E-state index in [4.69, 9.17) is 14.5 Å². The molecule has 0 saturated heterocycles. The van der Waals surface area contributed by atoms with Crippen LogP contribution in [0, 0.1) is 20.8 Å². The number of carbonyl (C=O) groups is 1. The second-order valence-corrected chi connectivity index (χ2v) is 9.15. The first-order valence-electron chi connectivity index (χ1n) is 11.1. The Kier molecular flexibility index (Phi) is 7.02. The van der Waals surface area contributed by atoms with Gasteiger partial charge in [0.05, 0.1) is 12.3 Å².